The van der Waals surface area contributed by atoms with Crippen LogP contribution in [-0.4, -0.2) is 36.4 Å². The second-order valence-electron chi connectivity index (χ2n) is 7.94. The molecule has 0 aromatic heterocycles. The molecule has 0 spiro atoms. The van der Waals surface area contributed by atoms with Gasteiger partial charge in [-0.3, -0.25) is 14.4 Å². The largest absolute Gasteiger partial charge is 0.324 e. The van der Waals surface area contributed by atoms with E-state index >= 15 is 0 Å². The van der Waals surface area contributed by atoms with Crippen molar-refractivity contribution in [1.82, 2.24) is 4.31 Å². The number of nitrogens with zero attached hydrogens (tertiary/aromatic N) is 1. The molecule has 1 fully saturated rings. The normalized spacial score (nSPS) is 15.9. The van der Waals surface area contributed by atoms with Crippen LogP contribution in [0.2, 0.25) is 5.02 Å². The molecule has 2 amide bonds. The molecule has 7 nitrogen and oxygen atoms in total. The summed E-state index contributed by atoms with van der Waals surface area (Å²) in [4.78, 5) is 38.7. The second kappa shape index (κ2) is 9.40. The Hall–Kier alpha value is -3.49. The second-order valence-corrected chi connectivity index (χ2v) is 10.2. The van der Waals surface area contributed by atoms with Gasteiger partial charge in [0.15, 0.2) is 5.78 Å². The number of carbonyl (C=O) groups is 3. The van der Waals surface area contributed by atoms with Crippen molar-refractivity contribution < 1.29 is 22.8 Å². The zero-order chi connectivity index (χ0) is 24.5. The van der Waals surface area contributed by atoms with E-state index in [0.29, 0.717) is 14.9 Å². The maximum atomic E-state index is 13.2. The van der Waals surface area contributed by atoms with Crippen molar-refractivity contribution in [1.29, 1.82) is 0 Å². The van der Waals surface area contributed by atoms with Gasteiger partial charge in [0.2, 0.25) is 11.8 Å². The molecule has 0 radical (unpaired) electrons. The van der Waals surface area contributed by atoms with Gasteiger partial charge in [-0.2, -0.15) is 0 Å². The van der Waals surface area contributed by atoms with Crippen molar-refractivity contribution in [3.63, 3.8) is 0 Å². The SMILES string of the molecule is Cc1ccc(S(=O)(=O)N2C(=O)CC[C@@H]2C(=O)Nc2ccc(Cl)cc2C(=O)c2ccccc2)cc1. The summed E-state index contributed by atoms with van der Waals surface area (Å²) in [6.07, 6.45) is -0.0507. The number of anilines is 1. The summed E-state index contributed by atoms with van der Waals surface area (Å²) in [5.41, 5.74) is 1.60. The predicted molar refractivity (Wildman–Crippen MR) is 128 cm³/mol. The van der Waals surface area contributed by atoms with Gasteiger partial charge in [0.05, 0.1) is 10.6 Å². The van der Waals surface area contributed by atoms with Crippen molar-refractivity contribution >= 4 is 44.9 Å². The summed E-state index contributed by atoms with van der Waals surface area (Å²) in [6, 6.07) is 17.7. The molecule has 1 aliphatic heterocycles. The Morgan fingerprint density at radius 3 is 2.35 bits per heavy atom. The fourth-order valence-corrected chi connectivity index (χ4v) is 5.57. The van der Waals surface area contributed by atoms with Crippen molar-refractivity contribution in [2.45, 2.75) is 30.7 Å². The molecular weight excluding hydrogens is 476 g/mol. The number of rotatable bonds is 6. The van der Waals surface area contributed by atoms with Crippen LogP contribution in [0.15, 0.2) is 77.7 Å². The molecule has 34 heavy (non-hydrogen) atoms. The molecule has 1 saturated heterocycles. The number of nitrogens with one attached hydrogen (secondary N) is 1. The van der Waals surface area contributed by atoms with Crippen LogP contribution in [-0.2, 0) is 19.6 Å². The molecule has 174 valence electrons. The Kier molecular flexibility index (Phi) is 6.54. The molecule has 4 rings (SSSR count). The topological polar surface area (TPSA) is 101 Å². The number of carbonyl (C=O) groups excluding carboxylic acids is 3. The average Bonchev–Trinajstić information content (AvgIpc) is 3.23. The summed E-state index contributed by atoms with van der Waals surface area (Å²) < 4.78 is 27.0. The number of halogens is 1. The molecule has 0 aliphatic carbocycles. The first-order valence-electron chi connectivity index (χ1n) is 10.5. The maximum Gasteiger partial charge on any atom is 0.267 e. The monoisotopic (exact) mass is 496 g/mol. The Labute approximate surface area is 202 Å². The molecule has 1 atom stereocenters. The smallest absolute Gasteiger partial charge is 0.267 e. The fraction of sp³-hybridized carbons (Fsp3) is 0.160. The molecule has 1 aliphatic rings. The van der Waals surface area contributed by atoms with E-state index in [2.05, 4.69) is 5.32 Å². The first-order valence-corrected chi connectivity index (χ1v) is 12.3. The van der Waals surface area contributed by atoms with Gasteiger partial charge < -0.3 is 5.32 Å². The molecule has 3 aromatic carbocycles. The van der Waals surface area contributed by atoms with Crippen LogP contribution in [0.3, 0.4) is 0 Å². The van der Waals surface area contributed by atoms with E-state index in [9.17, 15) is 22.8 Å². The van der Waals surface area contributed by atoms with Crippen molar-refractivity contribution in [2.75, 3.05) is 5.32 Å². The van der Waals surface area contributed by atoms with Crippen molar-refractivity contribution in [3.05, 3.63) is 94.5 Å². The highest BCUT2D eigenvalue weighted by atomic mass is 35.5. The minimum atomic E-state index is -4.23. The summed E-state index contributed by atoms with van der Waals surface area (Å²) in [5, 5.41) is 2.94. The van der Waals surface area contributed by atoms with Gasteiger partial charge in [-0.05, 0) is 43.7 Å². The minimum absolute atomic E-state index is 0.0330. The molecule has 0 saturated carbocycles. The first-order chi connectivity index (χ1) is 16.2. The third-order valence-corrected chi connectivity index (χ3v) is 7.64. The predicted octanol–water partition coefficient (Wildman–Crippen LogP) is 4.20. The number of hydrogen-bond acceptors (Lipinski definition) is 5. The molecule has 0 bridgehead atoms. The first kappa shape index (κ1) is 23.7. The van der Waals surface area contributed by atoms with E-state index in [1.807, 2.05) is 6.92 Å². The van der Waals surface area contributed by atoms with Crippen LogP contribution in [0.1, 0.15) is 34.3 Å². The minimum Gasteiger partial charge on any atom is -0.324 e. The lowest BCUT2D eigenvalue weighted by Gasteiger charge is -2.24. The zero-order valence-electron chi connectivity index (χ0n) is 18.2. The lowest BCUT2D eigenvalue weighted by atomic mass is 10.0. The van der Waals surface area contributed by atoms with Gasteiger partial charge in [-0.15, -0.1) is 0 Å². The van der Waals surface area contributed by atoms with E-state index in [4.69, 9.17) is 11.6 Å². The molecule has 1 N–H and O–H groups in total. The highest BCUT2D eigenvalue weighted by molar-refractivity contribution is 7.89. The molecule has 0 unspecified atom stereocenters. The van der Waals surface area contributed by atoms with E-state index in [-0.39, 0.29) is 34.8 Å². The highest BCUT2D eigenvalue weighted by Crippen LogP contribution is 2.30. The van der Waals surface area contributed by atoms with Crippen LogP contribution in [0.5, 0.6) is 0 Å². The quantitative estimate of drug-likeness (QED) is 0.515. The van der Waals surface area contributed by atoms with Gasteiger partial charge >= 0.3 is 0 Å². The summed E-state index contributed by atoms with van der Waals surface area (Å²) in [7, 11) is -4.23. The van der Waals surface area contributed by atoms with E-state index in [0.717, 1.165) is 5.56 Å². The molecule has 9 heteroatoms. The van der Waals surface area contributed by atoms with Crippen LogP contribution >= 0.6 is 11.6 Å². The Balaban J connectivity index is 1.64. The summed E-state index contributed by atoms with van der Waals surface area (Å²) in [6.45, 7) is 1.81. The fourth-order valence-electron chi connectivity index (χ4n) is 3.80. The number of sulfonamides is 1. The Morgan fingerprint density at radius 2 is 1.68 bits per heavy atom. The number of benzene rings is 3. The zero-order valence-corrected chi connectivity index (χ0v) is 19.8. The van der Waals surface area contributed by atoms with E-state index in [1.54, 1.807) is 42.5 Å². The molecular formula is C25H21ClN2O5S. The van der Waals surface area contributed by atoms with Gasteiger partial charge in [0, 0.05) is 22.6 Å². The van der Waals surface area contributed by atoms with Crippen LogP contribution in [0, 0.1) is 6.92 Å². The van der Waals surface area contributed by atoms with Gasteiger partial charge in [-0.1, -0.05) is 59.6 Å². The standard InChI is InChI=1S/C25H21ClN2O5S/c1-16-7-10-19(11-8-16)34(32,33)28-22(13-14-23(28)29)25(31)27-21-12-9-18(26)15-20(21)24(30)17-5-3-2-4-6-17/h2-12,15,22H,13-14H2,1H3,(H,27,31)/t22-/m1/s1. The van der Waals surface area contributed by atoms with Crippen molar-refractivity contribution in [2.24, 2.45) is 0 Å². The van der Waals surface area contributed by atoms with Crippen LogP contribution < -0.4 is 5.32 Å². The number of hydrogen-bond donors (Lipinski definition) is 1. The maximum absolute atomic E-state index is 13.2. The number of amides is 2. The Bertz CT molecular complexity index is 1370. The summed E-state index contributed by atoms with van der Waals surface area (Å²) in [5.74, 6) is -1.71. The van der Waals surface area contributed by atoms with Crippen LogP contribution in [0.4, 0.5) is 5.69 Å². The third-order valence-electron chi connectivity index (χ3n) is 5.56. The Morgan fingerprint density at radius 1 is 1.00 bits per heavy atom. The number of ketones is 1. The van der Waals surface area contributed by atoms with Gasteiger partial charge in [0.1, 0.15) is 6.04 Å². The van der Waals surface area contributed by atoms with Crippen molar-refractivity contribution in [3.8, 4) is 0 Å². The molecule has 1 heterocycles. The van der Waals surface area contributed by atoms with E-state index in [1.165, 1.54) is 30.3 Å². The lowest BCUT2D eigenvalue weighted by molar-refractivity contribution is -0.128. The van der Waals surface area contributed by atoms with Gasteiger partial charge in [-0.25, -0.2) is 12.7 Å². The number of aryl methyl sites for hydroxylation is 1. The van der Waals surface area contributed by atoms with Crippen LogP contribution in [0.25, 0.3) is 0 Å². The lowest BCUT2D eigenvalue weighted by Crippen LogP contribution is -2.45. The average molecular weight is 497 g/mol. The van der Waals surface area contributed by atoms with Gasteiger partial charge in [0.25, 0.3) is 10.0 Å². The highest BCUT2D eigenvalue weighted by Gasteiger charge is 2.44. The molecule has 3 aromatic rings. The summed E-state index contributed by atoms with van der Waals surface area (Å²) >= 11 is 6.10. The van der Waals surface area contributed by atoms with E-state index < -0.39 is 27.9 Å². The third kappa shape index (κ3) is 4.60.